The maximum absolute atomic E-state index is 13.0. The molecule has 164 valence electrons. The summed E-state index contributed by atoms with van der Waals surface area (Å²) in [5.41, 5.74) is 1.01. The standard InChI is InChI=1S/C22H27N5O4/c1-14-9-10-26(15(2)12-24(3)4)21(30)19(14)20(29)23-16-7-6-8-17(11-16)27-18(28)13-25(5)22(27)31/h6-11,15H,12-13H2,1-5H3,(H,23,29). The van der Waals surface area contributed by atoms with Crippen molar-refractivity contribution in [2.45, 2.75) is 19.9 Å². The van der Waals surface area contributed by atoms with Gasteiger partial charge in [0, 0.05) is 31.5 Å². The van der Waals surface area contributed by atoms with Crippen LogP contribution in [0.3, 0.4) is 0 Å². The van der Waals surface area contributed by atoms with E-state index < -0.39 is 11.9 Å². The Morgan fingerprint density at radius 1 is 1.19 bits per heavy atom. The van der Waals surface area contributed by atoms with Crippen LogP contribution in [0.15, 0.2) is 41.3 Å². The topological polar surface area (TPSA) is 95.0 Å². The number of hydrogen-bond acceptors (Lipinski definition) is 5. The normalized spacial score (nSPS) is 15.0. The van der Waals surface area contributed by atoms with Crippen LogP contribution in [-0.4, -0.2) is 66.4 Å². The van der Waals surface area contributed by atoms with Gasteiger partial charge in [0.05, 0.1) is 5.69 Å². The summed E-state index contributed by atoms with van der Waals surface area (Å²) in [6.07, 6.45) is 1.70. The monoisotopic (exact) mass is 425 g/mol. The van der Waals surface area contributed by atoms with Crippen LogP contribution in [0.25, 0.3) is 0 Å². The van der Waals surface area contributed by atoms with E-state index in [0.717, 1.165) is 4.90 Å². The van der Waals surface area contributed by atoms with Crippen molar-refractivity contribution in [2.24, 2.45) is 0 Å². The first kappa shape index (κ1) is 22.2. The summed E-state index contributed by atoms with van der Waals surface area (Å²) >= 11 is 0. The quantitative estimate of drug-likeness (QED) is 0.714. The van der Waals surface area contributed by atoms with Gasteiger partial charge in [-0.3, -0.25) is 14.4 Å². The minimum atomic E-state index is -0.540. The molecule has 1 aliphatic rings. The Balaban J connectivity index is 1.88. The Bertz CT molecular complexity index is 1090. The highest BCUT2D eigenvalue weighted by molar-refractivity contribution is 6.20. The zero-order chi connectivity index (χ0) is 22.9. The molecule has 1 aromatic carbocycles. The Hall–Kier alpha value is -3.46. The Morgan fingerprint density at radius 3 is 2.52 bits per heavy atom. The number of amides is 4. The Labute approximate surface area is 180 Å². The predicted octanol–water partition coefficient (Wildman–Crippen LogP) is 1.93. The predicted molar refractivity (Wildman–Crippen MR) is 119 cm³/mol. The van der Waals surface area contributed by atoms with E-state index in [0.29, 0.717) is 23.5 Å². The number of aromatic nitrogens is 1. The molecule has 1 fully saturated rings. The van der Waals surface area contributed by atoms with E-state index in [-0.39, 0.29) is 29.6 Å². The molecule has 4 amide bonds. The number of anilines is 2. The lowest BCUT2D eigenvalue weighted by Crippen LogP contribution is -2.35. The van der Waals surface area contributed by atoms with Crippen LogP contribution in [0.4, 0.5) is 16.2 Å². The Kier molecular flexibility index (Phi) is 6.26. The van der Waals surface area contributed by atoms with Crippen LogP contribution in [0.5, 0.6) is 0 Å². The molecule has 0 aliphatic carbocycles. The molecule has 2 heterocycles. The Morgan fingerprint density at radius 2 is 1.90 bits per heavy atom. The van der Waals surface area contributed by atoms with Crippen molar-refractivity contribution in [3.63, 3.8) is 0 Å². The fraction of sp³-hybridized carbons (Fsp3) is 0.364. The average molecular weight is 425 g/mol. The number of aryl methyl sites for hydroxylation is 1. The summed E-state index contributed by atoms with van der Waals surface area (Å²) < 4.78 is 1.55. The third-order valence-corrected chi connectivity index (χ3v) is 5.16. The van der Waals surface area contributed by atoms with Gasteiger partial charge in [0.1, 0.15) is 12.1 Å². The first-order chi connectivity index (χ1) is 14.6. The van der Waals surface area contributed by atoms with Gasteiger partial charge in [-0.1, -0.05) is 6.07 Å². The number of hydrogen-bond donors (Lipinski definition) is 1. The second-order valence-corrected chi connectivity index (χ2v) is 8.07. The molecule has 9 nitrogen and oxygen atoms in total. The van der Waals surface area contributed by atoms with E-state index in [1.807, 2.05) is 25.9 Å². The zero-order valence-electron chi connectivity index (χ0n) is 18.4. The molecule has 31 heavy (non-hydrogen) atoms. The number of urea groups is 1. The maximum atomic E-state index is 13.0. The summed E-state index contributed by atoms with van der Waals surface area (Å²) in [5, 5.41) is 2.73. The number of imide groups is 1. The summed E-state index contributed by atoms with van der Waals surface area (Å²) in [7, 11) is 5.39. The van der Waals surface area contributed by atoms with Crippen molar-refractivity contribution >= 4 is 29.2 Å². The van der Waals surface area contributed by atoms with Gasteiger partial charge < -0.3 is 19.7 Å². The van der Waals surface area contributed by atoms with Gasteiger partial charge in [0.15, 0.2) is 0 Å². The second-order valence-electron chi connectivity index (χ2n) is 8.07. The second kappa shape index (κ2) is 8.73. The van der Waals surface area contributed by atoms with Gasteiger partial charge in [-0.2, -0.15) is 0 Å². The molecular weight excluding hydrogens is 398 g/mol. The molecule has 0 saturated carbocycles. The van der Waals surface area contributed by atoms with E-state index in [1.165, 1.54) is 4.90 Å². The average Bonchev–Trinajstić information content (AvgIpc) is 2.93. The lowest BCUT2D eigenvalue weighted by Gasteiger charge is -2.20. The molecule has 2 aromatic rings. The highest BCUT2D eigenvalue weighted by Gasteiger charge is 2.34. The summed E-state index contributed by atoms with van der Waals surface area (Å²) in [6, 6.07) is 7.65. The molecule has 1 atom stereocenters. The number of nitrogens with one attached hydrogen (secondary N) is 1. The number of nitrogens with zero attached hydrogens (tertiary/aromatic N) is 4. The molecule has 0 radical (unpaired) electrons. The molecule has 1 unspecified atom stereocenters. The van der Waals surface area contributed by atoms with E-state index >= 15 is 0 Å². The molecule has 1 aliphatic heterocycles. The number of carbonyl (C=O) groups excluding carboxylic acids is 3. The summed E-state index contributed by atoms with van der Waals surface area (Å²) in [6.45, 7) is 4.29. The fourth-order valence-corrected chi connectivity index (χ4v) is 3.67. The SMILES string of the molecule is Cc1ccn(C(C)CN(C)C)c(=O)c1C(=O)Nc1cccc(N2C(=O)CN(C)C2=O)c1. The molecule has 1 N–H and O–H groups in total. The van der Waals surface area contributed by atoms with Gasteiger partial charge in [-0.05, 0) is 57.8 Å². The van der Waals surface area contributed by atoms with Crippen LogP contribution in [-0.2, 0) is 4.79 Å². The number of likely N-dealkylation sites (N-methyl/N-ethyl adjacent to an activating group) is 2. The van der Waals surface area contributed by atoms with Crippen molar-refractivity contribution in [1.82, 2.24) is 14.4 Å². The van der Waals surface area contributed by atoms with Crippen molar-refractivity contribution in [3.8, 4) is 0 Å². The van der Waals surface area contributed by atoms with Gasteiger partial charge in [0.2, 0.25) is 0 Å². The summed E-state index contributed by atoms with van der Waals surface area (Å²) in [4.78, 5) is 54.7. The number of pyridine rings is 1. The van der Waals surface area contributed by atoms with E-state index in [1.54, 1.807) is 55.1 Å². The molecule has 0 spiro atoms. The molecule has 1 saturated heterocycles. The van der Waals surface area contributed by atoms with E-state index in [9.17, 15) is 19.2 Å². The fourth-order valence-electron chi connectivity index (χ4n) is 3.67. The van der Waals surface area contributed by atoms with Crippen LogP contribution in [0, 0.1) is 6.92 Å². The van der Waals surface area contributed by atoms with Crippen molar-refractivity contribution in [3.05, 3.63) is 58.0 Å². The molecule has 1 aromatic heterocycles. The van der Waals surface area contributed by atoms with E-state index in [2.05, 4.69) is 5.32 Å². The van der Waals surface area contributed by atoms with Crippen LogP contribution in [0.1, 0.15) is 28.9 Å². The van der Waals surface area contributed by atoms with Gasteiger partial charge >= 0.3 is 6.03 Å². The van der Waals surface area contributed by atoms with Gasteiger partial charge in [0.25, 0.3) is 17.4 Å². The molecule has 0 bridgehead atoms. The lowest BCUT2D eigenvalue weighted by atomic mass is 10.1. The van der Waals surface area contributed by atoms with Crippen LogP contribution >= 0.6 is 0 Å². The molecule has 9 heteroatoms. The van der Waals surface area contributed by atoms with Crippen LogP contribution in [0.2, 0.25) is 0 Å². The largest absolute Gasteiger partial charge is 0.331 e. The van der Waals surface area contributed by atoms with Gasteiger partial charge in [-0.25, -0.2) is 9.69 Å². The van der Waals surface area contributed by atoms with Crippen molar-refractivity contribution in [1.29, 1.82) is 0 Å². The highest BCUT2D eigenvalue weighted by Crippen LogP contribution is 2.24. The minimum Gasteiger partial charge on any atom is -0.322 e. The third-order valence-electron chi connectivity index (χ3n) is 5.16. The van der Waals surface area contributed by atoms with Crippen molar-refractivity contribution < 1.29 is 14.4 Å². The molecule has 3 rings (SSSR count). The van der Waals surface area contributed by atoms with E-state index in [4.69, 9.17) is 0 Å². The number of carbonyl (C=O) groups is 3. The third kappa shape index (κ3) is 4.51. The van der Waals surface area contributed by atoms with Gasteiger partial charge in [-0.15, -0.1) is 0 Å². The summed E-state index contributed by atoms with van der Waals surface area (Å²) in [5.74, 6) is -0.880. The molecular formula is C22H27N5O4. The van der Waals surface area contributed by atoms with Crippen molar-refractivity contribution in [2.75, 3.05) is 44.4 Å². The highest BCUT2D eigenvalue weighted by atomic mass is 16.2. The number of benzene rings is 1. The zero-order valence-corrected chi connectivity index (χ0v) is 18.4. The lowest BCUT2D eigenvalue weighted by molar-refractivity contribution is -0.116. The number of rotatable bonds is 6. The van der Waals surface area contributed by atoms with Crippen LogP contribution < -0.4 is 15.8 Å². The first-order valence-corrected chi connectivity index (χ1v) is 9.96. The minimum absolute atomic E-state index is 0.00328. The maximum Gasteiger partial charge on any atom is 0.331 e. The first-order valence-electron chi connectivity index (χ1n) is 9.96. The smallest absolute Gasteiger partial charge is 0.322 e.